The summed E-state index contributed by atoms with van der Waals surface area (Å²) in [5.74, 6) is 0.472. The Morgan fingerprint density at radius 1 is 1.67 bits per heavy atom. The third-order valence-electron chi connectivity index (χ3n) is 3.02. The lowest BCUT2D eigenvalue weighted by molar-refractivity contribution is 0.118. The molecule has 84 valence electrons. The molecular weight excluding hydrogens is 274 g/mol. The lowest BCUT2D eigenvalue weighted by Crippen LogP contribution is -2.21. The van der Waals surface area contributed by atoms with Crippen molar-refractivity contribution in [3.05, 3.63) is 20.3 Å². The Kier molecular flexibility index (Phi) is 3.50. The second kappa shape index (κ2) is 4.53. The van der Waals surface area contributed by atoms with Gasteiger partial charge in [-0.3, -0.25) is 0 Å². The first-order valence-electron chi connectivity index (χ1n) is 5.21. The number of aryl methyl sites for hydroxylation is 1. The Morgan fingerprint density at radius 3 is 2.87 bits per heavy atom. The van der Waals surface area contributed by atoms with E-state index in [2.05, 4.69) is 35.8 Å². The fourth-order valence-corrected chi connectivity index (χ4v) is 3.91. The zero-order chi connectivity index (χ0) is 11.0. The Morgan fingerprint density at radius 2 is 2.40 bits per heavy atom. The van der Waals surface area contributed by atoms with Crippen LogP contribution in [0.25, 0.3) is 0 Å². The molecular formula is C11H16BrNOS. The minimum atomic E-state index is 0.123. The molecule has 1 aliphatic heterocycles. The van der Waals surface area contributed by atoms with Gasteiger partial charge in [0.2, 0.25) is 0 Å². The maximum absolute atomic E-state index is 6.28. The van der Waals surface area contributed by atoms with Crippen molar-refractivity contribution in [3.63, 3.8) is 0 Å². The van der Waals surface area contributed by atoms with Gasteiger partial charge in [-0.05, 0) is 47.8 Å². The maximum atomic E-state index is 6.28. The number of nitrogens with two attached hydrogens (primary N) is 1. The highest BCUT2D eigenvalue weighted by molar-refractivity contribution is 9.11. The number of halogens is 1. The molecule has 2 N–H and O–H groups in total. The van der Waals surface area contributed by atoms with Crippen molar-refractivity contribution in [1.82, 2.24) is 0 Å². The predicted molar refractivity (Wildman–Crippen MR) is 67.2 cm³/mol. The van der Waals surface area contributed by atoms with Gasteiger partial charge < -0.3 is 10.5 Å². The lowest BCUT2D eigenvalue weighted by Gasteiger charge is -2.17. The van der Waals surface area contributed by atoms with Crippen LogP contribution in [0.15, 0.2) is 9.85 Å². The van der Waals surface area contributed by atoms with E-state index in [1.165, 1.54) is 10.4 Å². The number of hydrogen-bond acceptors (Lipinski definition) is 3. The normalized spacial score (nSPS) is 28.3. The summed E-state index contributed by atoms with van der Waals surface area (Å²) in [6, 6.07) is 2.27. The number of rotatable bonds is 2. The Hall–Kier alpha value is 0.1000. The van der Waals surface area contributed by atoms with Crippen molar-refractivity contribution in [2.45, 2.75) is 32.4 Å². The van der Waals surface area contributed by atoms with Gasteiger partial charge in [0.25, 0.3) is 0 Å². The fourth-order valence-electron chi connectivity index (χ4n) is 2.14. The van der Waals surface area contributed by atoms with E-state index in [-0.39, 0.29) is 6.04 Å². The lowest BCUT2D eigenvalue weighted by atomic mass is 9.92. The Balaban J connectivity index is 2.13. The predicted octanol–water partition coefficient (Wildman–Crippen LogP) is 3.24. The fraction of sp³-hybridized carbons (Fsp3) is 0.636. The Bertz CT molecular complexity index is 352. The van der Waals surface area contributed by atoms with Crippen LogP contribution in [0.5, 0.6) is 0 Å². The van der Waals surface area contributed by atoms with Crippen LogP contribution in [-0.2, 0) is 4.74 Å². The van der Waals surface area contributed by atoms with E-state index in [1.54, 1.807) is 11.3 Å². The number of ether oxygens (including phenoxy) is 1. The minimum Gasteiger partial charge on any atom is -0.378 e. The first-order chi connectivity index (χ1) is 7.08. The molecule has 1 aliphatic rings. The molecule has 3 atom stereocenters. The molecule has 1 aromatic rings. The molecule has 1 saturated heterocycles. The molecule has 15 heavy (non-hydrogen) atoms. The molecule has 1 aromatic heterocycles. The first kappa shape index (κ1) is 11.6. The summed E-state index contributed by atoms with van der Waals surface area (Å²) in [7, 11) is 0. The van der Waals surface area contributed by atoms with Crippen LogP contribution in [0.2, 0.25) is 0 Å². The first-order valence-corrected chi connectivity index (χ1v) is 6.82. The number of hydrogen-bond donors (Lipinski definition) is 1. The molecule has 3 unspecified atom stereocenters. The van der Waals surface area contributed by atoms with Gasteiger partial charge >= 0.3 is 0 Å². The summed E-state index contributed by atoms with van der Waals surface area (Å²) < 4.78 is 6.73. The van der Waals surface area contributed by atoms with Gasteiger partial charge in [0.15, 0.2) is 0 Å². The van der Waals surface area contributed by atoms with Gasteiger partial charge in [-0.25, -0.2) is 0 Å². The molecule has 2 heterocycles. The van der Waals surface area contributed by atoms with Crippen LogP contribution in [0.3, 0.4) is 0 Å². The second-order valence-electron chi connectivity index (χ2n) is 4.23. The monoisotopic (exact) mass is 289 g/mol. The van der Waals surface area contributed by atoms with Crippen LogP contribution in [0, 0.1) is 12.8 Å². The smallest absolute Gasteiger partial charge is 0.0704 e. The molecule has 0 spiro atoms. The average Bonchev–Trinajstić information content (AvgIpc) is 2.71. The summed E-state index contributed by atoms with van der Waals surface area (Å²) in [4.78, 5) is 1.31. The minimum absolute atomic E-state index is 0.123. The molecule has 0 aromatic carbocycles. The van der Waals surface area contributed by atoms with E-state index >= 15 is 0 Å². The summed E-state index contributed by atoms with van der Waals surface area (Å²) in [5, 5.41) is 0. The zero-order valence-electron chi connectivity index (χ0n) is 9.00. The van der Waals surface area contributed by atoms with Crippen LogP contribution < -0.4 is 5.73 Å². The second-order valence-corrected chi connectivity index (χ2v) is 6.86. The molecule has 0 radical (unpaired) electrons. The van der Waals surface area contributed by atoms with Crippen molar-refractivity contribution < 1.29 is 4.74 Å². The summed E-state index contributed by atoms with van der Waals surface area (Å²) >= 11 is 5.26. The van der Waals surface area contributed by atoms with E-state index in [1.807, 2.05) is 0 Å². The Labute approximate surface area is 103 Å². The summed E-state index contributed by atoms with van der Waals surface area (Å²) in [6.45, 7) is 5.04. The molecule has 0 amide bonds. The van der Waals surface area contributed by atoms with Gasteiger partial charge in [-0.15, -0.1) is 11.3 Å². The van der Waals surface area contributed by atoms with E-state index < -0.39 is 0 Å². The van der Waals surface area contributed by atoms with Gasteiger partial charge in [-0.1, -0.05) is 0 Å². The highest BCUT2D eigenvalue weighted by Gasteiger charge is 2.29. The maximum Gasteiger partial charge on any atom is 0.0704 e. The highest BCUT2D eigenvalue weighted by atomic mass is 79.9. The molecule has 0 aliphatic carbocycles. The molecule has 1 fully saturated rings. The van der Waals surface area contributed by atoms with Crippen molar-refractivity contribution in [2.75, 3.05) is 6.61 Å². The van der Waals surface area contributed by atoms with Crippen LogP contribution >= 0.6 is 27.3 Å². The SMILES string of the molecule is Cc1sc(Br)cc1C(N)C1COC(C)C1. The van der Waals surface area contributed by atoms with Crippen molar-refractivity contribution in [1.29, 1.82) is 0 Å². The quantitative estimate of drug-likeness (QED) is 0.907. The molecule has 4 heteroatoms. The standard InChI is InChI=1S/C11H16BrNOS/c1-6-3-8(5-14-6)11(13)9-4-10(12)15-7(9)2/h4,6,8,11H,3,5,13H2,1-2H3. The highest BCUT2D eigenvalue weighted by Crippen LogP contribution is 2.36. The van der Waals surface area contributed by atoms with Crippen molar-refractivity contribution in [3.8, 4) is 0 Å². The third kappa shape index (κ3) is 2.44. The molecule has 0 bridgehead atoms. The number of thiophene rings is 1. The topological polar surface area (TPSA) is 35.2 Å². The van der Waals surface area contributed by atoms with Gasteiger partial charge in [0.05, 0.1) is 16.5 Å². The third-order valence-corrected chi connectivity index (χ3v) is 4.59. The summed E-state index contributed by atoms with van der Waals surface area (Å²) in [5.41, 5.74) is 7.56. The van der Waals surface area contributed by atoms with E-state index in [4.69, 9.17) is 10.5 Å². The van der Waals surface area contributed by atoms with Crippen LogP contribution in [0.4, 0.5) is 0 Å². The van der Waals surface area contributed by atoms with E-state index in [0.717, 1.165) is 16.8 Å². The van der Waals surface area contributed by atoms with Crippen molar-refractivity contribution in [2.24, 2.45) is 11.7 Å². The summed E-state index contributed by atoms with van der Waals surface area (Å²) in [6.07, 6.45) is 1.44. The largest absolute Gasteiger partial charge is 0.378 e. The molecule has 2 rings (SSSR count). The van der Waals surface area contributed by atoms with Crippen molar-refractivity contribution >= 4 is 27.3 Å². The van der Waals surface area contributed by atoms with Crippen LogP contribution in [-0.4, -0.2) is 12.7 Å². The van der Waals surface area contributed by atoms with Gasteiger partial charge in [0.1, 0.15) is 0 Å². The van der Waals surface area contributed by atoms with E-state index in [9.17, 15) is 0 Å². The molecule has 0 saturated carbocycles. The zero-order valence-corrected chi connectivity index (χ0v) is 11.4. The molecule has 2 nitrogen and oxygen atoms in total. The van der Waals surface area contributed by atoms with Gasteiger partial charge in [0, 0.05) is 16.8 Å². The van der Waals surface area contributed by atoms with E-state index in [0.29, 0.717) is 12.0 Å². The average molecular weight is 290 g/mol. The van der Waals surface area contributed by atoms with Gasteiger partial charge in [-0.2, -0.15) is 0 Å². The van der Waals surface area contributed by atoms with Crippen LogP contribution in [0.1, 0.15) is 29.8 Å².